The number of rotatable bonds is 5. The van der Waals surface area contributed by atoms with Crippen molar-refractivity contribution in [3.05, 3.63) is 39.3 Å². The molecule has 1 unspecified atom stereocenters. The van der Waals surface area contributed by atoms with Gasteiger partial charge in [-0.15, -0.1) is 11.3 Å². The molecule has 0 radical (unpaired) electrons. The van der Waals surface area contributed by atoms with Crippen LogP contribution in [0.25, 0.3) is 0 Å². The fourth-order valence-electron chi connectivity index (χ4n) is 2.26. The number of aryl methyl sites for hydroxylation is 3. The van der Waals surface area contributed by atoms with Gasteiger partial charge >= 0.3 is 0 Å². The summed E-state index contributed by atoms with van der Waals surface area (Å²) in [6, 6.07) is 4.70. The van der Waals surface area contributed by atoms with Gasteiger partial charge in [-0.05, 0) is 50.4 Å². The lowest BCUT2D eigenvalue weighted by Gasteiger charge is -2.18. The average Bonchev–Trinajstić information content (AvgIpc) is 2.92. The summed E-state index contributed by atoms with van der Waals surface area (Å²) in [5.74, 6) is 0. The van der Waals surface area contributed by atoms with Crippen molar-refractivity contribution in [3.8, 4) is 0 Å². The smallest absolute Gasteiger partial charge is 0.0756 e. The summed E-state index contributed by atoms with van der Waals surface area (Å²) in [5.41, 5.74) is 3.69. The Hall–Kier alpha value is -1.13. The summed E-state index contributed by atoms with van der Waals surface area (Å²) in [4.78, 5) is 1.35. The van der Waals surface area contributed by atoms with Crippen LogP contribution in [0.3, 0.4) is 0 Å². The van der Waals surface area contributed by atoms with Crippen molar-refractivity contribution in [1.82, 2.24) is 15.1 Å². The predicted molar refractivity (Wildman–Crippen MR) is 77.2 cm³/mol. The first-order valence-corrected chi connectivity index (χ1v) is 7.36. The maximum absolute atomic E-state index is 4.54. The van der Waals surface area contributed by atoms with E-state index in [-0.39, 0.29) is 6.04 Å². The molecule has 0 aliphatic rings. The molecule has 0 fully saturated rings. The maximum Gasteiger partial charge on any atom is 0.0756 e. The van der Waals surface area contributed by atoms with Crippen LogP contribution in [0.5, 0.6) is 0 Å². The molecule has 0 bridgehead atoms. The molecule has 4 heteroatoms. The monoisotopic (exact) mass is 263 g/mol. The first-order chi connectivity index (χ1) is 8.65. The molecule has 0 aliphatic heterocycles. The summed E-state index contributed by atoms with van der Waals surface area (Å²) < 4.78 is 2.09. The van der Waals surface area contributed by atoms with Crippen molar-refractivity contribution in [2.24, 2.45) is 0 Å². The third kappa shape index (κ3) is 2.65. The Bertz CT molecular complexity index is 513. The van der Waals surface area contributed by atoms with E-state index in [9.17, 15) is 0 Å². The quantitative estimate of drug-likeness (QED) is 0.897. The minimum Gasteiger partial charge on any atom is -0.305 e. The van der Waals surface area contributed by atoms with Crippen LogP contribution in [0, 0.1) is 13.8 Å². The van der Waals surface area contributed by atoms with E-state index in [4.69, 9.17) is 0 Å². The van der Waals surface area contributed by atoms with E-state index >= 15 is 0 Å². The van der Waals surface area contributed by atoms with Crippen molar-refractivity contribution in [3.63, 3.8) is 0 Å². The Morgan fingerprint density at radius 2 is 2.11 bits per heavy atom. The van der Waals surface area contributed by atoms with Gasteiger partial charge < -0.3 is 5.32 Å². The Kier molecular flexibility index (Phi) is 4.19. The maximum atomic E-state index is 4.54. The second kappa shape index (κ2) is 5.67. The normalized spacial score (nSPS) is 12.9. The van der Waals surface area contributed by atoms with E-state index < -0.39 is 0 Å². The summed E-state index contributed by atoms with van der Waals surface area (Å²) in [7, 11) is 0. The second-order valence-electron chi connectivity index (χ2n) is 4.51. The molecule has 0 saturated heterocycles. The highest BCUT2D eigenvalue weighted by Crippen LogP contribution is 2.26. The minimum absolute atomic E-state index is 0.251. The first kappa shape index (κ1) is 13.3. The zero-order valence-corrected chi connectivity index (χ0v) is 12.3. The highest BCUT2D eigenvalue weighted by atomic mass is 32.1. The minimum atomic E-state index is 0.251. The highest BCUT2D eigenvalue weighted by Gasteiger charge is 2.18. The van der Waals surface area contributed by atoms with E-state index in [1.807, 2.05) is 0 Å². The fourth-order valence-corrected chi connectivity index (χ4v) is 2.99. The predicted octanol–water partition coefficient (Wildman–Crippen LogP) is 3.28. The number of thiophene rings is 1. The molecule has 0 spiro atoms. The number of aromatic nitrogens is 2. The molecule has 0 aromatic carbocycles. The van der Waals surface area contributed by atoms with Crippen LogP contribution in [-0.4, -0.2) is 16.3 Å². The van der Waals surface area contributed by atoms with Crippen LogP contribution in [-0.2, 0) is 6.54 Å². The molecule has 0 amide bonds. The molecule has 1 atom stereocenters. The third-order valence-electron chi connectivity index (χ3n) is 3.02. The van der Waals surface area contributed by atoms with Gasteiger partial charge in [-0.1, -0.05) is 6.92 Å². The van der Waals surface area contributed by atoms with Crippen molar-refractivity contribution in [2.45, 2.75) is 40.3 Å². The van der Waals surface area contributed by atoms with Crippen LogP contribution >= 0.6 is 11.3 Å². The van der Waals surface area contributed by atoms with Gasteiger partial charge in [-0.3, -0.25) is 4.68 Å². The molecular weight excluding hydrogens is 242 g/mol. The lowest BCUT2D eigenvalue weighted by molar-refractivity contribution is 0.542. The third-order valence-corrected chi connectivity index (χ3v) is 3.90. The molecule has 2 heterocycles. The number of hydrogen-bond donors (Lipinski definition) is 1. The summed E-state index contributed by atoms with van der Waals surface area (Å²) in [6.07, 6.45) is 0. The molecule has 2 aromatic rings. The van der Waals surface area contributed by atoms with Crippen LogP contribution in [0.2, 0.25) is 0 Å². The first-order valence-electron chi connectivity index (χ1n) is 6.48. The summed E-state index contributed by atoms with van der Waals surface area (Å²) >= 11 is 1.80. The Morgan fingerprint density at radius 1 is 1.33 bits per heavy atom. The fraction of sp³-hybridized carbons (Fsp3) is 0.500. The number of nitrogens with zero attached hydrogens (tertiary/aromatic N) is 2. The van der Waals surface area contributed by atoms with Gasteiger partial charge in [0.1, 0.15) is 0 Å². The molecule has 0 aliphatic carbocycles. The zero-order chi connectivity index (χ0) is 13.1. The number of nitrogens with one attached hydrogen (secondary N) is 1. The van der Waals surface area contributed by atoms with Gasteiger partial charge in [-0.2, -0.15) is 5.10 Å². The van der Waals surface area contributed by atoms with Crippen molar-refractivity contribution in [2.75, 3.05) is 6.54 Å². The van der Waals surface area contributed by atoms with E-state index in [1.165, 1.54) is 16.1 Å². The molecule has 0 saturated carbocycles. The van der Waals surface area contributed by atoms with E-state index in [0.29, 0.717) is 0 Å². The molecule has 2 aromatic heterocycles. The molecule has 2 rings (SSSR count). The molecule has 3 nitrogen and oxygen atoms in total. The lowest BCUT2D eigenvalue weighted by Crippen LogP contribution is -2.24. The number of hydrogen-bond acceptors (Lipinski definition) is 3. The van der Waals surface area contributed by atoms with Gasteiger partial charge in [-0.25, -0.2) is 0 Å². The van der Waals surface area contributed by atoms with Gasteiger partial charge in [0.15, 0.2) is 0 Å². The van der Waals surface area contributed by atoms with E-state index in [2.05, 4.69) is 60.3 Å². The molecular formula is C14H21N3S. The highest BCUT2D eigenvalue weighted by molar-refractivity contribution is 7.10. The van der Waals surface area contributed by atoms with Gasteiger partial charge in [0, 0.05) is 11.4 Å². The largest absolute Gasteiger partial charge is 0.305 e. The zero-order valence-electron chi connectivity index (χ0n) is 11.5. The van der Waals surface area contributed by atoms with Crippen LogP contribution < -0.4 is 5.32 Å². The van der Waals surface area contributed by atoms with Gasteiger partial charge in [0.2, 0.25) is 0 Å². The molecule has 1 N–H and O–H groups in total. The van der Waals surface area contributed by atoms with Gasteiger partial charge in [0.25, 0.3) is 0 Å². The molecule has 98 valence electrons. The SMILES string of the molecule is CCNC(c1csc(C)c1)c1cc(C)nn1CC. The summed E-state index contributed by atoms with van der Waals surface area (Å²) in [5, 5.41) is 10.3. The Balaban J connectivity index is 2.40. The second-order valence-corrected chi connectivity index (χ2v) is 5.62. The molecule has 18 heavy (non-hydrogen) atoms. The average molecular weight is 263 g/mol. The summed E-state index contributed by atoms with van der Waals surface area (Å²) in [6.45, 7) is 10.3. The van der Waals surface area contributed by atoms with Crippen molar-refractivity contribution >= 4 is 11.3 Å². The van der Waals surface area contributed by atoms with Crippen LogP contribution in [0.15, 0.2) is 17.5 Å². The Labute approximate surface area is 113 Å². The van der Waals surface area contributed by atoms with E-state index in [1.54, 1.807) is 11.3 Å². The van der Waals surface area contributed by atoms with Crippen LogP contribution in [0.1, 0.15) is 41.7 Å². The van der Waals surface area contributed by atoms with Crippen molar-refractivity contribution in [1.29, 1.82) is 0 Å². The Morgan fingerprint density at radius 3 is 2.67 bits per heavy atom. The van der Waals surface area contributed by atoms with Gasteiger partial charge in [0.05, 0.1) is 17.4 Å². The van der Waals surface area contributed by atoms with Crippen LogP contribution in [0.4, 0.5) is 0 Å². The van der Waals surface area contributed by atoms with Crippen molar-refractivity contribution < 1.29 is 0 Å². The topological polar surface area (TPSA) is 29.9 Å². The van der Waals surface area contributed by atoms with E-state index in [0.717, 1.165) is 18.8 Å². The standard InChI is InChI=1S/C14H21N3S/c1-5-15-14(12-8-11(4)18-9-12)13-7-10(3)16-17(13)6-2/h7-9,14-15H,5-6H2,1-4H3. The lowest BCUT2D eigenvalue weighted by atomic mass is 10.1.